The monoisotopic (exact) mass is 367 g/mol. The summed E-state index contributed by atoms with van der Waals surface area (Å²) in [6, 6.07) is 11.1. The third-order valence-corrected chi connectivity index (χ3v) is 4.52. The maximum atomic E-state index is 12.5. The number of hydrogen-bond donors (Lipinski definition) is 1. The van der Waals surface area contributed by atoms with Crippen molar-refractivity contribution < 1.29 is 9.72 Å². The molecule has 8 heteroatoms. The zero-order valence-corrected chi connectivity index (χ0v) is 15.4. The number of nitrogens with zero attached hydrogens (tertiary/aromatic N) is 4. The van der Waals surface area contributed by atoms with Gasteiger partial charge in [0, 0.05) is 24.6 Å². The highest BCUT2D eigenvalue weighted by Crippen LogP contribution is 2.24. The summed E-state index contributed by atoms with van der Waals surface area (Å²) in [4.78, 5) is 23.1. The van der Waals surface area contributed by atoms with E-state index in [2.05, 4.69) is 10.4 Å². The Kier molecular flexibility index (Phi) is 5.07. The lowest BCUT2D eigenvalue weighted by Gasteiger charge is -2.14. The van der Waals surface area contributed by atoms with E-state index in [1.165, 1.54) is 4.68 Å². The van der Waals surface area contributed by atoms with Crippen LogP contribution in [0.15, 0.2) is 48.8 Å². The van der Waals surface area contributed by atoms with Gasteiger partial charge in [-0.25, -0.2) is 0 Å². The van der Waals surface area contributed by atoms with Crippen LogP contribution < -0.4 is 5.32 Å². The molecule has 1 atom stereocenters. The van der Waals surface area contributed by atoms with Crippen molar-refractivity contribution in [3.63, 3.8) is 0 Å². The smallest absolute Gasteiger partial charge is 0.312 e. The average molecular weight is 367 g/mol. The zero-order valence-electron chi connectivity index (χ0n) is 15.4. The van der Waals surface area contributed by atoms with E-state index >= 15 is 0 Å². The molecular weight excluding hydrogens is 346 g/mol. The van der Waals surface area contributed by atoms with Gasteiger partial charge in [0.25, 0.3) is 0 Å². The number of amides is 1. The van der Waals surface area contributed by atoms with Crippen molar-refractivity contribution in [3.05, 3.63) is 75.9 Å². The molecule has 3 rings (SSSR count). The lowest BCUT2D eigenvalue weighted by atomic mass is 10.2. The second-order valence-electron chi connectivity index (χ2n) is 6.37. The van der Waals surface area contributed by atoms with Crippen LogP contribution in [0.4, 0.5) is 5.69 Å². The van der Waals surface area contributed by atoms with Crippen LogP contribution in [0.5, 0.6) is 0 Å². The lowest BCUT2D eigenvalue weighted by molar-refractivity contribution is -0.386. The first-order valence-corrected chi connectivity index (χ1v) is 8.58. The van der Waals surface area contributed by atoms with Gasteiger partial charge < -0.3 is 9.88 Å². The minimum Gasteiger partial charge on any atom is -0.350 e. The SMILES string of the molecule is Cc1nn([C@H](C)C(=O)NCc2ccc(-n3cccc3)cc2)c(C)c1[N+](=O)[O-]. The number of hydrogen-bond acceptors (Lipinski definition) is 4. The highest BCUT2D eigenvalue weighted by Gasteiger charge is 2.26. The van der Waals surface area contributed by atoms with Crippen molar-refractivity contribution >= 4 is 11.6 Å². The van der Waals surface area contributed by atoms with Crippen molar-refractivity contribution in [3.8, 4) is 5.69 Å². The van der Waals surface area contributed by atoms with Crippen molar-refractivity contribution in [2.45, 2.75) is 33.4 Å². The summed E-state index contributed by atoms with van der Waals surface area (Å²) in [5.74, 6) is -0.245. The standard InChI is InChI=1S/C19H21N5O3/c1-13-18(24(26)27)14(2)23(21-13)15(3)19(25)20-12-16-6-8-17(9-7-16)22-10-4-5-11-22/h4-11,15H,12H2,1-3H3,(H,20,25)/t15-/m1/s1. The number of carbonyl (C=O) groups excluding carboxylic acids is 1. The van der Waals surface area contributed by atoms with E-state index in [0.29, 0.717) is 17.9 Å². The van der Waals surface area contributed by atoms with Crippen molar-refractivity contribution in [1.82, 2.24) is 19.7 Å². The number of benzene rings is 1. The van der Waals surface area contributed by atoms with Crippen LogP contribution in [0.2, 0.25) is 0 Å². The van der Waals surface area contributed by atoms with Gasteiger partial charge in [0.15, 0.2) is 0 Å². The molecule has 140 valence electrons. The van der Waals surface area contributed by atoms with Crippen LogP contribution in [-0.4, -0.2) is 25.2 Å². The summed E-state index contributed by atoms with van der Waals surface area (Å²) in [7, 11) is 0. The largest absolute Gasteiger partial charge is 0.350 e. The summed E-state index contributed by atoms with van der Waals surface area (Å²) in [6.07, 6.45) is 3.93. The summed E-state index contributed by atoms with van der Waals surface area (Å²) in [5, 5.41) is 18.1. The molecule has 0 saturated heterocycles. The van der Waals surface area contributed by atoms with Crippen LogP contribution in [0.3, 0.4) is 0 Å². The van der Waals surface area contributed by atoms with Crippen LogP contribution in [0, 0.1) is 24.0 Å². The maximum Gasteiger partial charge on any atom is 0.312 e. The molecular formula is C19H21N5O3. The average Bonchev–Trinajstić information content (AvgIpc) is 3.27. The predicted octanol–water partition coefficient (Wildman–Crippen LogP) is 3.08. The zero-order chi connectivity index (χ0) is 19.6. The third-order valence-electron chi connectivity index (χ3n) is 4.52. The molecule has 0 aliphatic rings. The molecule has 0 radical (unpaired) electrons. The van der Waals surface area contributed by atoms with Crippen LogP contribution in [0.1, 0.15) is 29.9 Å². The van der Waals surface area contributed by atoms with Crippen LogP contribution >= 0.6 is 0 Å². The fourth-order valence-corrected chi connectivity index (χ4v) is 3.04. The summed E-state index contributed by atoms with van der Waals surface area (Å²) < 4.78 is 3.40. The van der Waals surface area contributed by atoms with Gasteiger partial charge in [-0.3, -0.25) is 19.6 Å². The topological polar surface area (TPSA) is 95.0 Å². The van der Waals surface area contributed by atoms with Crippen molar-refractivity contribution in [2.75, 3.05) is 0 Å². The first-order chi connectivity index (χ1) is 12.9. The molecule has 0 aliphatic heterocycles. The summed E-state index contributed by atoms with van der Waals surface area (Å²) in [6.45, 7) is 5.21. The molecule has 2 aromatic heterocycles. The Morgan fingerprint density at radius 2 is 1.85 bits per heavy atom. The van der Waals surface area contributed by atoms with Crippen LogP contribution in [0.25, 0.3) is 5.69 Å². The van der Waals surface area contributed by atoms with Gasteiger partial charge >= 0.3 is 5.69 Å². The van der Waals surface area contributed by atoms with E-state index in [-0.39, 0.29) is 11.6 Å². The minimum absolute atomic E-state index is 0.0461. The van der Waals surface area contributed by atoms with Crippen molar-refractivity contribution in [2.24, 2.45) is 0 Å². The Hall–Kier alpha value is -3.42. The normalized spacial score (nSPS) is 12.0. The second-order valence-corrected chi connectivity index (χ2v) is 6.37. The van der Waals surface area contributed by atoms with E-state index < -0.39 is 11.0 Å². The predicted molar refractivity (Wildman–Crippen MR) is 101 cm³/mol. The number of carbonyl (C=O) groups is 1. The third kappa shape index (κ3) is 3.74. The maximum absolute atomic E-state index is 12.5. The fourth-order valence-electron chi connectivity index (χ4n) is 3.04. The van der Waals surface area contributed by atoms with E-state index in [0.717, 1.165) is 11.3 Å². The van der Waals surface area contributed by atoms with Gasteiger partial charge in [0.1, 0.15) is 17.4 Å². The number of aryl methyl sites for hydroxylation is 1. The first-order valence-electron chi connectivity index (χ1n) is 8.58. The van der Waals surface area contributed by atoms with Gasteiger partial charge in [0.2, 0.25) is 5.91 Å². The quantitative estimate of drug-likeness (QED) is 0.535. The van der Waals surface area contributed by atoms with E-state index in [9.17, 15) is 14.9 Å². The molecule has 3 aromatic rings. The van der Waals surface area contributed by atoms with Gasteiger partial charge in [-0.05, 0) is 50.6 Å². The number of aromatic nitrogens is 3. The molecule has 8 nitrogen and oxygen atoms in total. The molecule has 1 N–H and O–H groups in total. The molecule has 0 unspecified atom stereocenters. The molecule has 1 aromatic carbocycles. The highest BCUT2D eigenvalue weighted by molar-refractivity contribution is 5.80. The van der Waals surface area contributed by atoms with E-state index in [1.807, 2.05) is 53.4 Å². The van der Waals surface area contributed by atoms with E-state index in [4.69, 9.17) is 0 Å². The molecule has 0 saturated carbocycles. The number of nitro groups is 1. The highest BCUT2D eigenvalue weighted by atomic mass is 16.6. The molecule has 1 amide bonds. The molecule has 27 heavy (non-hydrogen) atoms. The van der Waals surface area contributed by atoms with Gasteiger partial charge in [-0.15, -0.1) is 0 Å². The minimum atomic E-state index is -0.642. The lowest BCUT2D eigenvalue weighted by Crippen LogP contribution is -2.31. The Balaban J connectivity index is 1.65. The van der Waals surface area contributed by atoms with Crippen molar-refractivity contribution in [1.29, 1.82) is 0 Å². The first kappa shape index (κ1) is 18.4. The fraction of sp³-hybridized carbons (Fsp3) is 0.263. The Bertz CT molecular complexity index is 958. The van der Waals surface area contributed by atoms with Gasteiger partial charge in [-0.2, -0.15) is 5.10 Å². The van der Waals surface area contributed by atoms with Gasteiger partial charge in [-0.1, -0.05) is 12.1 Å². The number of nitrogens with one attached hydrogen (secondary N) is 1. The summed E-state index contributed by atoms with van der Waals surface area (Å²) >= 11 is 0. The number of rotatable bonds is 6. The Morgan fingerprint density at radius 1 is 1.22 bits per heavy atom. The molecule has 0 bridgehead atoms. The second kappa shape index (κ2) is 7.45. The summed E-state index contributed by atoms with van der Waals surface area (Å²) in [5.41, 5.74) is 2.63. The van der Waals surface area contributed by atoms with E-state index in [1.54, 1.807) is 20.8 Å². The van der Waals surface area contributed by atoms with Gasteiger partial charge in [0.05, 0.1) is 4.92 Å². The Labute approximate surface area is 156 Å². The molecule has 0 spiro atoms. The molecule has 2 heterocycles. The Morgan fingerprint density at radius 3 is 2.41 bits per heavy atom. The molecule has 0 aliphatic carbocycles. The van der Waals surface area contributed by atoms with Crippen LogP contribution in [-0.2, 0) is 11.3 Å². The molecule has 0 fully saturated rings.